The van der Waals surface area contributed by atoms with Crippen molar-refractivity contribution in [1.29, 1.82) is 0 Å². The van der Waals surface area contributed by atoms with E-state index in [4.69, 9.17) is 10.5 Å². The number of hydrogen-bond acceptors (Lipinski definition) is 10. The molecule has 0 bridgehead atoms. The Hall–Kier alpha value is -4.37. The Kier molecular flexibility index (Phi) is 7.50. The number of aliphatic hydroxyl groups is 3. The first-order valence-electron chi connectivity index (χ1n) is 13.8. The molecule has 3 aliphatic rings. The van der Waals surface area contributed by atoms with Gasteiger partial charge in [0.15, 0.2) is 11.4 Å². The van der Waals surface area contributed by atoms with E-state index in [0.717, 1.165) is 0 Å². The third kappa shape index (κ3) is 4.54. The Morgan fingerprint density at radius 1 is 1.12 bits per heavy atom. The van der Waals surface area contributed by atoms with E-state index in [1.54, 1.807) is 63.4 Å². The Morgan fingerprint density at radius 2 is 1.81 bits per heavy atom. The number of aliphatic hydroxyl groups excluding tert-OH is 2. The summed E-state index contributed by atoms with van der Waals surface area (Å²) in [7, 11) is 8.37. The molecule has 0 aliphatic heterocycles. The molecular formula is C32H35N3O8. The third-order valence-corrected chi connectivity index (χ3v) is 8.96. The molecule has 11 heteroatoms. The number of anilines is 1. The van der Waals surface area contributed by atoms with Crippen molar-refractivity contribution in [3.63, 3.8) is 0 Å². The first kappa shape index (κ1) is 30.1. The van der Waals surface area contributed by atoms with E-state index < -0.39 is 58.7 Å². The topological polar surface area (TPSA) is 174 Å². The lowest BCUT2D eigenvalue weighted by Crippen LogP contribution is -2.73. The fraction of sp³-hybridized carbons (Fsp3) is 0.406. The number of rotatable bonds is 4. The minimum atomic E-state index is -2.71. The maximum Gasteiger partial charge on any atom is 0.230 e. The van der Waals surface area contributed by atoms with Gasteiger partial charge in [0.05, 0.1) is 24.3 Å². The highest BCUT2D eigenvalue weighted by atomic mass is 16.5. The second-order valence-electron chi connectivity index (χ2n) is 11.8. The molecule has 0 aromatic heterocycles. The van der Waals surface area contributed by atoms with Gasteiger partial charge in [-0.2, -0.15) is 0 Å². The van der Waals surface area contributed by atoms with Crippen molar-refractivity contribution in [3.8, 4) is 23.3 Å². The number of fused-ring (bicyclic) bond motifs is 3. The number of phenolic OH excluding ortho intramolecular Hbond substituents is 1. The normalized spacial score (nSPS) is 28.0. The summed E-state index contributed by atoms with van der Waals surface area (Å²) in [5.41, 5.74) is 4.54. The van der Waals surface area contributed by atoms with E-state index in [2.05, 4.69) is 11.8 Å². The zero-order valence-corrected chi connectivity index (χ0v) is 24.6. The molecular weight excluding hydrogens is 554 g/mol. The zero-order chi connectivity index (χ0) is 31.5. The van der Waals surface area contributed by atoms with Gasteiger partial charge in [-0.3, -0.25) is 14.4 Å². The molecule has 1 amide bonds. The summed E-state index contributed by atoms with van der Waals surface area (Å²) >= 11 is 0. The number of phenols is 1. The van der Waals surface area contributed by atoms with Crippen molar-refractivity contribution in [2.45, 2.75) is 30.6 Å². The molecule has 2 aromatic rings. The number of nitrogens with zero attached hydrogens (tertiary/aromatic N) is 2. The number of ether oxygens (including phenoxy) is 1. The number of primary amides is 1. The molecule has 6 atom stereocenters. The molecule has 2 saturated carbocycles. The summed E-state index contributed by atoms with van der Waals surface area (Å²) in [6.07, 6.45) is -1.30. The third-order valence-electron chi connectivity index (χ3n) is 8.96. The van der Waals surface area contributed by atoms with Crippen molar-refractivity contribution in [3.05, 3.63) is 58.2 Å². The van der Waals surface area contributed by atoms with E-state index in [1.807, 2.05) is 4.90 Å². The lowest BCUT2D eigenvalue weighted by molar-refractivity contribution is -0.184. The van der Waals surface area contributed by atoms with Gasteiger partial charge >= 0.3 is 0 Å². The average molecular weight is 590 g/mol. The van der Waals surface area contributed by atoms with E-state index in [9.17, 15) is 34.8 Å². The van der Waals surface area contributed by atoms with E-state index in [1.165, 1.54) is 7.11 Å². The van der Waals surface area contributed by atoms with Crippen LogP contribution in [-0.2, 0) is 20.8 Å². The number of nitrogens with two attached hydrogens (primary N) is 1. The molecule has 0 spiro atoms. The molecule has 43 heavy (non-hydrogen) atoms. The number of amides is 1. The van der Waals surface area contributed by atoms with E-state index in [0.29, 0.717) is 22.6 Å². The van der Waals surface area contributed by atoms with Crippen LogP contribution in [0.1, 0.15) is 28.7 Å². The Bertz CT molecular complexity index is 1630. The number of hydrogen-bond donors (Lipinski definition) is 5. The fourth-order valence-electron chi connectivity index (χ4n) is 6.99. The predicted octanol–water partition coefficient (Wildman–Crippen LogP) is 0.603. The standard InChI is InChI=1S/C32H35N3O8/c1-34(2)21-14-16(10-9-15-7-6-8-18(11-15)43-5)26(36)23-19(21)12-17-13-20-25(35(3)4)28(38)24(31(33)41)30(40)32(20,42)29(39)22(17)27(23)37/h6-8,11,14,17,20,24-25,28,36-38,42H,12-13H2,1-5H3,(H2,33,41)/t17-,20-,24?,25-,28?,32-/m1/s1. The Morgan fingerprint density at radius 3 is 2.42 bits per heavy atom. The van der Waals surface area contributed by atoms with Crippen LogP contribution < -0.4 is 15.4 Å². The van der Waals surface area contributed by atoms with Gasteiger partial charge in [-0.1, -0.05) is 17.9 Å². The molecule has 11 nitrogen and oxygen atoms in total. The van der Waals surface area contributed by atoms with Crippen LogP contribution in [0.15, 0.2) is 35.9 Å². The number of benzene rings is 2. The van der Waals surface area contributed by atoms with Crippen molar-refractivity contribution >= 4 is 28.9 Å². The molecule has 0 radical (unpaired) electrons. The smallest absolute Gasteiger partial charge is 0.230 e. The number of aromatic hydroxyl groups is 1. The van der Waals surface area contributed by atoms with Crippen molar-refractivity contribution in [1.82, 2.24) is 4.90 Å². The van der Waals surface area contributed by atoms with Gasteiger partial charge in [-0.15, -0.1) is 0 Å². The van der Waals surface area contributed by atoms with Crippen LogP contribution in [0.25, 0.3) is 5.76 Å². The van der Waals surface area contributed by atoms with Crippen molar-refractivity contribution in [2.24, 2.45) is 23.5 Å². The quantitative estimate of drug-likeness (QED) is 0.251. The van der Waals surface area contributed by atoms with Crippen LogP contribution in [0.5, 0.6) is 11.5 Å². The molecule has 0 saturated heterocycles. The van der Waals surface area contributed by atoms with E-state index >= 15 is 0 Å². The largest absolute Gasteiger partial charge is 0.507 e. The maximum atomic E-state index is 14.1. The molecule has 2 aromatic carbocycles. The van der Waals surface area contributed by atoms with Gasteiger partial charge in [0.25, 0.3) is 0 Å². The Balaban J connectivity index is 1.68. The second-order valence-corrected chi connectivity index (χ2v) is 11.8. The van der Waals surface area contributed by atoms with Crippen LogP contribution in [0.2, 0.25) is 0 Å². The minimum absolute atomic E-state index is 0.0123. The fourth-order valence-corrected chi connectivity index (χ4v) is 6.99. The summed E-state index contributed by atoms with van der Waals surface area (Å²) in [6.45, 7) is 0. The number of ketones is 2. The highest BCUT2D eigenvalue weighted by molar-refractivity contribution is 6.25. The maximum absolute atomic E-state index is 14.1. The number of methoxy groups -OCH3 is 1. The predicted molar refractivity (Wildman–Crippen MR) is 157 cm³/mol. The molecule has 2 unspecified atom stereocenters. The highest BCUT2D eigenvalue weighted by Crippen LogP contribution is 2.53. The van der Waals surface area contributed by atoms with Crippen LogP contribution in [0, 0.1) is 29.6 Å². The van der Waals surface area contributed by atoms with Gasteiger partial charge in [-0.05, 0) is 62.7 Å². The Labute approximate surface area is 249 Å². The lowest BCUT2D eigenvalue weighted by Gasteiger charge is -2.53. The zero-order valence-electron chi connectivity index (χ0n) is 24.6. The minimum Gasteiger partial charge on any atom is -0.507 e. The van der Waals surface area contributed by atoms with Gasteiger partial charge in [0, 0.05) is 42.9 Å². The van der Waals surface area contributed by atoms with Gasteiger partial charge in [-0.25, -0.2) is 0 Å². The SMILES string of the molecule is COc1cccc(C#Cc2cc(N(C)C)c3c(c2O)C(O)=C2C(=O)[C@@]4(O)C(=O)C(C(N)=O)C(O)[C@H](N(C)C)[C@H]4C[C@H]2C3)c1. The lowest BCUT2D eigenvalue weighted by atomic mass is 9.54. The van der Waals surface area contributed by atoms with Crippen LogP contribution in [-0.4, -0.2) is 95.8 Å². The monoisotopic (exact) mass is 589 g/mol. The summed E-state index contributed by atoms with van der Waals surface area (Å²) in [5.74, 6) is -1.36. The van der Waals surface area contributed by atoms with Crippen molar-refractivity contribution in [2.75, 3.05) is 40.2 Å². The first-order valence-corrected chi connectivity index (χ1v) is 13.8. The molecule has 3 aliphatic carbocycles. The summed E-state index contributed by atoms with van der Waals surface area (Å²) in [5, 5.41) is 45.9. The van der Waals surface area contributed by atoms with Gasteiger partial charge < -0.3 is 40.7 Å². The first-order chi connectivity index (χ1) is 20.2. The van der Waals surface area contributed by atoms with Gasteiger partial charge in [0.2, 0.25) is 11.7 Å². The number of Topliss-reactive ketones (excluding diaryl/α,β-unsaturated/α-hetero) is 2. The molecule has 226 valence electrons. The summed E-state index contributed by atoms with van der Waals surface area (Å²) < 4.78 is 5.25. The number of carbonyl (C=O) groups excluding carboxylic acids is 3. The average Bonchev–Trinajstić information content (AvgIpc) is 2.94. The van der Waals surface area contributed by atoms with Crippen LogP contribution in [0.4, 0.5) is 5.69 Å². The number of carbonyl (C=O) groups is 3. The van der Waals surface area contributed by atoms with Gasteiger partial charge in [0.1, 0.15) is 23.2 Å². The molecule has 2 fully saturated rings. The molecule has 5 rings (SSSR count). The summed E-state index contributed by atoms with van der Waals surface area (Å²) in [4.78, 5) is 43.2. The summed E-state index contributed by atoms with van der Waals surface area (Å²) in [6, 6.07) is 7.81. The molecule has 0 heterocycles. The van der Waals surface area contributed by atoms with E-state index in [-0.39, 0.29) is 35.3 Å². The number of likely N-dealkylation sites (N-methyl/N-ethyl adjacent to an activating group) is 1. The second kappa shape index (κ2) is 10.7. The van der Waals surface area contributed by atoms with Crippen molar-refractivity contribution < 1.29 is 39.5 Å². The van der Waals surface area contributed by atoms with Crippen LogP contribution in [0.3, 0.4) is 0 Å². The molecule has 6 N–H and O–H groups in total. The highest BCUT2D eigenvalue weighted by Gasteiger charge is 2.67. The van der Waals surface area contributed by atoms with Crippen LogP contribution >= 0.6 is 0 Å².